The maximum absolute atomic E-state index is 12.9. The molecule has 0 aromatic heterocycles. The van der Waals surface area contributed by atoms with Crippen LogP contribution in [0.15, 0.2) is 24.3 Å². The Bertz CT molecular complexity index is 359. The molecule has 0 spiro atoms. The summed E-state index contributed by atoms with van der Waals surface area (Å²) in [6, 6.07) is 6.83. The van der Waals surface area contributed by atoms with E-state index in [1.807, 2.05) is 0 Å². The Kier molecular flexibility index (Phi) is 4.34. The number of nitrogens with one attached hydrogen (secondary N) is 1. The monoisotopic (exact) mass is 238 g/mol. The standard InChI is InChI=1S/C13H19FN2O/c1-11-10-15-5-6-16(11)7-8-17-13-4-2-3-12(14)9-13/h2-4,9,11,15H,5-8,10H2,1H3/t11-/m1/s1. The van der Waals surface area contributed by atoms with E-state index in [4.69, 9.17) is 4.74 Å². The van der Waals surface area contributed by atoms with E-state index in [-0.39, 0.29) is 5.82 Å². The molecule has 1 aromatic rings. The van der Waals surface area contributed by atoms with E-state index in [1.54, 1.807) is 12.1 Å². The summed E-state index contributed by atoms with van der Waals surface area (Å²) in [6.45, 7) is 6.81. The van der Waals surface area contributed by atoms with Crippen molar-refractivity contribution in [3.63, 3.8) is 0 Å². The first-order chi connectivity index (χ1) is 8.25. The maximum atomic E-state index is 12.9. The molecule has 2 rings (SSSR count). The van der Waals surface area contributed by atoms with Crippen LogP contribution in [0, 0.1) is 5.82 Å². The number of hydrogen-bond acceptors (Lipinski definition) is 3. The number of rotatable bonds is 4. The zero-order chi connectivity index (χ0) is 12.1. The molecule has 0 aliphatic carbocycles. The van der Waals surface area contributed by atoms with Crippen LogP contribution in [-0.4, -0.2) is 43.7 Å². The fourth-order valence-electron chi connectivity index (χ4n) is 2.05. The highest BCUT2D eigenvalue weighted by Crippen LogP contribution is 2.12. The van der Waals surface area contributed by atoms with Gasteiger partial charge in [0.2, 0.25) is 0 Å². The highest BCUT2D eigenvalue weighted by molar-refractivity contribution is 5.22. The molecule has 1 saturated heterocycles. The molecule has 1 atom stereocenters. The molecule has 17 heavy (non-hydrogen) atoms. The highest BCUT2D eigenvalue weighted by Gasteiger charge is 2.16. The Balaban J connectivity index is 1.75. The number of nitrogens with zero attached hydrogens (tertiary/aromatic N) is 1. The third-order valence-corrected chi connectivity index (χ3v) is 3.08. The molecule has 3 nitrogen and oxygen atoms in total. The number of benzene rings is 1. The van der Waals surface area contributed by atoms with Gasteiger partial charge in [0.15, 0.2) is 0 Å². The van der Waals surface area contributed by atoms with Crippen LogP contribution in [0.4, 0.5) is 4.39 Å². The predicted molar refractivity (Wildman–Crippen MR) is 65.8 cm³/mol. The lowest BCUT2D eigenvalue weighted by Crippen LogP contribution is -2.50. The van der Waals surface area contributed by atoms with Crippen molar-refractivity contribution in [1.29, 1.82) is 0 Å². The van der Waals surface area contributed by atoms with E-state index in [0.717, 1.165) is 26.2 Å². The quantitative estimate of drug-likeness (QED) is 0.860. The number of ether oxygens (including phenoxy) is 1. The van der Waals surface area contributed by atoms with Crippen LogP contribution in [0.5, 0.6) is 5.75 Å². The average Bonchev–Trinajstić information content (AvgIpc) is 2.32. The van der Waals surface area contributed by atoms with Gasteiger partial charge in [0.05, 0.1) is 0 Å². The van der Waals surface area contributed by atoms with Crippen LogP contribution < -0.4 is 10.1 Å². The smallest absolute Gasteiger partial charge is 0.126 e. The summed E-state index contributed by atoms with van der Waals surface area (Å²) in [5.74, 6) is 0.353. The van der Waals surface area contributed by atoms with Gasteiger partial charge in [0.1, 0.15) is 18.2 Å². The minimum atomic E-state index is -0.252. The van der Waals surface area contributed by atoms with Crippen molar-refractivity contribution in [1.82, 2.24) is 10.2 Å². The van der Waals surface area contributed by atoms with Gasteiger partial charge >= 0.3 is 0 Å². The number of halogens is 1. The minimum Gasteiger partial charge on any atom is -0.492 e. The third-order valence-electron chi connectivity index (χ3n) is 3.08. The van der Waals surface area contributed by atoms with Gasteiger partial charge in [-0.15, -0.1) is 0 Å². The Morgan fingerprint density at radius 2 is 2.41 bits per heavy atom. The topological polar surface area (TPSA) is 24.5 Å². The molecule has 1 fully saturated rings. The molecule has 0 amide bonds. The van der Waals surface area contributed by atoms with E-state index in [9.17, 15) is 4.39 Å². The first-order valence-electron chi connectivity index (χ1n) is 6.09. The lowest BCUT2D eigenvalue weighted by Gasteiger charge is -2.33. The Hall–Kier alpha value is -1.13. The molecular weight excluding hydrogens is 219 g/mol. The Labute approximate surface area is 102 Å². The average molecular weight is 238 g/mol. The number of piperazine rings is 1. The van der Waals surface area contributed by atoms with E-state index in [2.05, 4.69) is 17.1 Å². The molecule has 0 unspecified atom stereocenters. The lowest BCUT2D eigenvalue weighted by molar-refractivity contribution is 0.143. The van der Waals surface area contributed by atoms with Crippen molar-refractivity contribution >= 4 is 0 Å². The second-order valence-electron chi connectivity index (χ2n) is 4.39. The van der Waals surface area contributed by atoms with Gasteiger partial charge in [-0.25, -0.2) is 4.39 Å². The van der Waals surface area contributed by atoms with E-state index >= 15 is 0 Å². The van der Waals surface area contributed by atoms with Crippen LogP contribution in [0.1, 0.15) is 6.92 Å². The molecule has 4 heteroatoms. The van der Waals surface area contributed by atoms with Gasteiger partial charge in [-0.3, -0.25) is 4.90 Å². The summed E-state index contributed by atoms with van der Waals surface area (Å²) >= 11 is 0. The normalized spacial score (nSPS) is 21.4. The van der Waals surface area contributed by atoms with Crippen LogP contribution in [0.25, 0.3) is 0 Å². The SMILES string of the molecule is C[C@@H]1CNCCN1CCOc1cccc(F)c1. The van der Waals surface area contributed by atoms with Crippen LogP contribution in [0.2, 0.25) is 0 Å². The maximum Gasteiger partial charge on any atom is 0.126 e. The van der Waals surface area contributed by atoms with E-state index in [1.165, 1.54) is 12.1 Å². The highest BCUT2D eigenvalue weighted by atomic mass is 19.1. The molecular formula is C13H19FN2O. The molecule has 0 bridgehead atoms. The summed E-state index contributed by atoms with van der Waals surface area (Å²) in [5, 5.41) is 3.35. The van der Waals surface area contributed by atoms with Gasteiger partial charge < -0.3 is 10.1 Å². The second-order valence-corrected chi connectivity index (χ2v) is 4.39. The summed E-state index contributed by atoms with van der Waals surface area (Å²) in [7, 11) is 0. The van der Waals surface area contributed by atoms with Gasteiger partial charge in [-0.05, 0) is 19.1 Å². The van der Waals surface area contributed by atoms with Gasteiger partial charge in [0.25, 0.3) is 0 Å². The summed E-state index contributed by atoms with van der Waals surface area (Å²) < 4.78 is 18.4. The lowest BCUT2D eigenvalue weighted by atomic mass is 10.2. The Morgan fingerprint density at radius 1 is 1.53 bits per heavy atom. The summed E-state index contributed by atoms with van der Waals surface area (Å²) in [4.78, 5) is 2.38. The molecule has 1 aliphatic heterocycles. The third kappa shape index (κ3) is 3.68. The fourth-order valence-corrected chi connectivity index (χ4v) is 2.05. The van der Waals surface area contributed by atoms with Crippen LogP contribution in [0.3, 0.4) is 0 Å². The molecule has 0 radical (unpaired) electrons. The van der Waals surface area contributed by atoms with Crippen molar-refractivity contribution in [2.24, 2.45) is 0 Å². The number of hydrogen-bond donors (Lipinski definition) is 1. The molecule has 0 saturated carbocycles. The van der Waals surface area contributed by atoms with Crippen molar-refractivity contribution in [3.8, 4) is 5.75 Å². The van der Waals surface area contributed by atoms with Gasteiger partial charge in [0, 0.05) is 38.3 Å². The molecule has 1 N–H and O–H groups in total. The fraction of sp³-hybridized carbons (Fsp3) is 0.538. The summed E-state index contributed by atoms with van der Waals surface area (Å²) in [5.41, 5.74) is 0. The molecule has 94 valence electrons. The summed E-state index contributed by atoms with van der Waals surface area (Å²) in [6.07, 6.45) is 0. The minimum absolute atomic E-state index is 0.252. The Morgan fingerprint density at radius 3 is 3.18 bits per heavy atom. The van der Waals surface area contributed by atoms with Crippen molar-refractivity contribution < 1.29 is 9.13 Å². The van der Waals surface area contributed by atoms with Crippen molar-refractivity contribution in [2.45, 2.75) is 13.0 Å². The first kappa shape index (κ1) is 12.3. The van der Waals surface area contributed by atoms with E-state index < -0.39 is 0 Å². The molecule has 1 aromatic carbocycles. The largest absolute Gasteiger partial charge is 0.492 e. The van der Waals surface area contributed by atoms with Crippen molar-refractivity contribution in [2.75, 3.05) is 32.8 Å². The zero-order valence-electron chi connectivity index (χ0n) is 10.2. The molecule has 1 heterocycles. The zero-order valence-corrected chi connectivity index (χ0v) is 10.2. The van der Waals surface area contributed by atoms with Crippen molar-refractivity contribution in [3.05, 3.63) is 30.1 Å². The molecule has 1 aliphatic rings. The predicted octanol–water partition coefficient (Wildman–Crippen LogP) is 1.50. The first-order valence-corrected chi connectivity index (χ1v) is 6.09. The second kappa shape index (κ2) is 5.98. The van der Waals surface area contributed by atoms with E-state index in [0.29, 0.717) is 18.4 Å². The van der Waals surface area contributed by atoms with Gasteiger partial charge in [-0.2, -0.15) is 0 Å². The van der Waals surface area contributed by atoms with Gasteiger partial charge in [-0.1, -0.05) is 6.07 Å². The van der Waals surface area contributed by atoms with Crippen LogP contribution in [-0.2, 0) is 0 Å². The van der Waals surface area contributed by atoms with Crippen LogP contribution >= 0.6 is 0 Å².